The summed E-state index contributed by atoms with van der Waals surface area (Å²) in [6, 6.07) is 9.14. The SMILES string of the molecule is CC(=O)NC(C(=O)N1CC(C)(C)C1)C(C)OCc1ccccc1. The van der Waals surface area contributed by atoms with Crippen LogP contribution in [0.5, 0.6) is 0 Å². The number of benzene rings is 1. The first-order valence-electron chi connectivity index (χ1n) is 8.00. The maximum Gasteiger partial charge on any atom is 0.247 e. The minimum Gasteiger partial charge on any atom is -0.371 e. The van der Waals surface area contributed by atoms with Gasteiger partial charge < -0.3 is 15.0 Å². The summed E-state index contributed by atoms with van der Waals surface area (Å²) in [6.07, 6.45) is -0.393. The Morgan fingerprint density at radius 1 is 1.26 bits per heavy atom. The number of nitrogens with zero attached hydrogens (tertiary/aromatic N) is 1. The summed E-state index contributed by atoms with van der Waals surface area (Å²) in [7, 11) is 0. The summed E-state index contributed by atoms with van der Waals surface area (Å²) >= 11 is 0. The molecule has 0 aromatic heterocycles. The molecule has 0 spiro atoms. The van der Waals surface area contributed by atoms with Gasteiger partial charge in [0.25, 0.3) is 0 Å². The first kappa shape index (κ1) is 17.5. The molecule has 0 radical (unpaired) electrons. The van der Waals surface area contributed by atoms with E-state index in [-0.39, 0.29) is 17.2 Å². The summed E-state index contributed by atoms with van der Waals surface area (Å²) < 4.78 is 5.82. The van der Waals surface area contributed by atoms with Crippen LogP contribution in [0.3, 0.4) is 0 Å². The largest absolute Gasteiger partial charge is 0.371 e. The quantitative estimate of drug-likeness (QED) is 0.872. The molecule has 1 aromatic rings. The number of carbonyl (C=O) groups excluding carboxylic acids is 2. The van der Waals surface area contributed by atoms with Crippen molar-refractivity contribution in [2.24, 2.45) is 5.41 Å². The summed E-state index contributed by atoms with van der Waals surface area (Å²) in [4.78, 5) is 25.9. The molecule has 1 saturated heterocycles. The minimum absolute atomic E-state index is 0.0694. The van der Waals surface area contributed by atoms with E-state index in [4.69, 9.17) is 4.74 Å². The molecule has 23 heavy (non-hydrogen) atoms. The van der Waals surface area contributed by atoms with Gasteiger partial charge in [0.05, 0.1) is 12.7 Å². The van der Waals surface area contributed by atoms with E-state index in [1.54, 1.807) is 4.90 Å². The molecule has 1 aliphatic heterocycles. The van der Waals surface area contributed by atoms with Crippen LogP contribution in [0.25, 0.3) is 0 Å². The van der Waals surface area contributed by atoms with E-state index in [0.29, 0.717) is 19.7 Å². The third kappa shape index (κ3) is 4.79. The van der Waals surface area contributed by atoms with E-state index in [1.807, 2.05) is 37.3 Å². The van der Waals surface area contributed by atoms with Crippen molar-refractivity contribution in [3.63, 3.8) is 0 Å². The van der Waals surface area contributed by atoms with E-state index in [9.17, 15) is 9.59 Å². The van der Waals surface area contributed by atoms with Gasteiger partial charge in [0, 0.05) is 20.0 Å². The molecule has 2 amide bonds. The van der Waals surface area contributed by atoms with Crippen molar-refractivity contribution in [1.82, 2.24) is 10.2 Å². The summed E-state index contributed by atoms with van der Waals surface area (Å²) in [6.45, 7) is 9.34. The second-order valence-electron chi connectivity index (χ2n) is 7.04. The summed E-state index contributed by atoms with van der Waals surface area (Å²) in [5.74, 6) is -0.293. The number of hydrogen-bond donors (Lipinski definition) is 1. The summed E-state index contributed by atoms with van der Waals surface area (Å²) in [5.41, 5.74) is 1.20. The Balaban J connectivity index is 1.96. The van der Waals surface area contributed by atoms with Crippen LogP contribution in [-0.2, 0) is 20.9 Å². The lowest BCUT2D eigenvalue weighted by molar-refractivity contribution is -0.149. The predicted molar refractivity (Wildman–Crippen MR) is 88.7 cm³/mol. The Hall–Kier alpha value is -1.88. The molecule has 0 bridgehead atoms. The first-order chi connectivity index (χ1) is 10.8. The normalized spacial score (nSPS) is 18.7. The molecular weight excluding hydrogens is 292 g/mol. The van der Waals surface area contributed by atoms with E-state index in [2.05, 4.69) is 19.2 Å². The lowest BCUT2D eigenvalue weighted by atomic mass is 9.84. The number of ether oxygens (including phenoxy) is 1. The molecule has 1 aliphatic rings. The van der Waals surface area contributed by atoms with Gasteiger partial charge in [0.2, 0.25) is 11.8 Å². The van der Waals surface area contributed by atoms with Gasteiger partial charge >= 0.3 is 0 Å². The predicted octanol–water partition coefficient (Wildman–Crippen LogP) is 1.96. The van der Waals surface area contributed by atoms with E-state index in [0.717, 1.165) is 5.56 Å². The fraction of sp³-hybridized carbons (Fsp3) is 0.556. The van der Waals surface area contributed by atoms with Crippen LogP contribution >= 0.6 is 0 Å². The van der Waals surface area contributed by atoms with Crippen LogP contribution in [-0.4, -0.2) is 41.9 Å². The van der Waals surface area contributed by atoms with Crippen LogP contribution in [0.15, 0.2) is 30.3 Å². The zero-order valence-electron chi connectivity index (χ0n) is 14.3. The Bertz CT molecular complexity index is 549. The Morgan fingerprint density at radius 3 is 2.39 bits per heavy atom. The number of amides is 2. The maximum atomic E-state index is 12.6. The third-order valence-corrected chi connectivity index (χ3v) is 4.00. The number of nitrogens with one attached hydrogen (secondary N) is 1. The van der Waals surface area contributed by atoms with Crippen LogP contribution in [0.2, 0.25) is 0 Å². The maximum absolute atomic E-state index is 12.6. The van der Waals surface area contributed by atoms with Crippen molar-refractivity contribution in [3.05, 3.63) is 35.9 Å². The number of likely N-dealkylation sites (tertiary alicyclic amines) is 1. The smallest absolute Gasteiger partial charge is 0.247 e. The van der Waals surface area contributed by atoms with Crippen LogP contribution in [0.1, 0.15) is 33.3 Å². The molecule has 1 aromatic carbocycles. The highest BCUT2D eigenvalue weighted by molar-refractivity contribution is 5.88. The molecule has 1 N–H and O–H groups in total. The van der Waals surface area contributed by atoms with Gasteiger partial charge in [-0.2, -0.15) is 0 Å². The molecule has 5 heteroatoms. The second-order valence-corrected chi connectivity index (χ2v) is 7.04. The first-order valence-corrected chi connectivity index (χ1v) is 8.00. The van der Waals surface area contributed by atoms with Gasteiger partial charge in [0.1, 0.15) is 6.04 Å². The monoisotopic (exact) mass is 318 g/mol. The molecule has 0 saturated carbocycles. The molecule has 0 aliphatic carbocycles. The standard InChI is InChI=1S/C18H26N2O3/c1-13(23-10-15-8-6-5-7-9-15)16(19-14(2)21)17(22)20-11-18(3,4)12-20/h5-9,13,16H,10-12H2,1-4H3,(H,19,21). The molecule has 5 nitrogen and oxygen atoms in total. The second kappa shape index (κ2) is 7.13. The van der Waals surface area contributed by atoms with Crippen LogP contribution < -0.4 is 5.32 Å². The van der Waals surface area contributed by atoms with Crippen LogP contribution in [0.4, 0.5) is 0 Å². The molecule has 1 heterocycles. The fourth-order valence-electron chi connectivity index (χ4n) is 2.84. The van der Waals surface area contributed by atoms with Gasteiger partial charge in [-0.25, -0.2) is 0 Å². The van der Waals surface area contributed by atoms with Crippen molar-refractivity contribution >= 4 is 11.8 Å². The van der Waals surface area contributed by atoms with Gasteiger partial charge in [-0.15, -0.1) is 0 Å². The van der Waals surface area contributed by atoms with Crippen molar-refractivity contribution < 1.29 is 14.3 Å². The summed E-state index contributed by atoms with van der Waals surface area (Å²) in [5, 5.41) is 2.74. The number of carbonyl (C=O) groups is 2. The Morgan fingerprint density at radius 2 is 1.87 bits per heavy atom. The van der Waals surface area contributed by atoms with Crippen molar-refractivity contribution in [1.29, 1.82) is 0 Å². The highest BCUT2D eigenvalue weighted by Gasteiger charge is 2.41. The molecule has 2 rings (SSSR count). The van der Waals surface area contributed by atoms with Crippen molar-refractivity contribution in [2.45, 2.75) is 46.4 Å². The van der Waals surface area contributed by atoms with Gasteiger partial charge in [-0.3, -0.25) is 9.59 Å². The van der Waals surface area contributed by atoms with Crippen molar-refractivity contribution in [3.8, 4) is 0 Å². The topological polar surface area (TPSA) is 58.6 Å². The molecule has 126 valence electrons. The molecule has 2 unspecified atom stereocenters. The Labute approximate surface area is 138 Å². The average molecular weight is 318 g/mol. The minimum atomic E-state index is -0.646. The van der Waals surface area contributed by atoms with Crippen molar-refractivity contribution in [2.75, 3.05) is 13.1 Å². The molecule has 2 atom stereocenters. The number of rotatable bonds is 6. The van der Waals surface area contributed by atoms with Gasteiger partial charge in [0.15, 0.2) is 0 Å². The highest BCUT2D eigenvalue weighted by atomic mass is 16.5. The van der Waals surface area contributed by atoms with E-state index < -0.39 is 12.1 Å². The zero-order valence-corrected chi connectivity index (χ0v) is 14.3. The van der Waals surface area contributed by atoms with Crippen LogP contribution in [0, 0.1) is 5.41 Å². The average Bonchev–Trinajstić information content (AvgIpc) is 2.48. The Kier molecular flexibility index (Phi) is 5.42. The lowest BCUT2D eigenvalue weighted by Crippen LogP contribution is -2.62. The lowest BCUT2D eigenvalue weighted by Gasteiger charge is -2.47. The third-order valence-electron chi connectivity index (χ3n) is 4.00. The van der Waals surface area contributed by atoms with E-state index >= 15 is 0 Å². The molecular formula is C18H26N2O3. The highest BCUT2D eigenvalue weighted by Crippen LogP contribution is 2.29. The fourth-order valence-corrected chi connectivity index (χ4v) is 2.84. The zero-order chi connectivity index (χ0) is 17.0. The molecule has 1 fully saturated rings. The number of hydrogen-bond acceptors (Lipinski definition) is 3. The van der Waals surface area contributed by atoms with Gasteiger partial charge in [-0.05, 0) is 17.9 Å². The van der Waals surface area contributed by atoms with Gasteiger partial charge in [-0.1, -0.05) is 44.2 Å². The van der Waals surface area contributed by atoms with E-state index in [1.165, 1.54) is 6.92 Å².